The number of para-hydroxylation sites is 3. The molecule has 0 aliphatic rings. The van der Waals surface area contributed by atoms with E-state index in [4.69, 9.17) is 76.6 Å². The van der Waals surface area contributed by atoms with Gasteiger partial charge in [0.2, 0.25) is 10.9 Å². The number of pyridine rings is 2. The predicted octanol–water partition coefficient (Wildman–Crippen LogP) is 16.2. The van der Waals surface area contributed by atoms with Crippen molar-refractivity contribution in [3.8, 4) is 17.2 Å². The van der Waals surface area contributed by atoms with Crippen LogP contribution in [0.15, 0.2) is 177 Å². The molecule has 0 saturated carbocycles. The second-order valence-corrected chi connectivity index (χ2v) is 31.4. The summed E-state index contributed by atoms with van der Waals surface area (Å²) in [4.78, 5) is 67.0. The highest BCUT2D eigenvalue weighted by Gasteiger charge is 2.30. The molecule has 12 aromatic rings. The van der Waals surface area contributed by atoms with E-state index in [9.17, 15) is 44.4 Å². The van der Waals surface area contributed by atoms with Crippen molar-refractivity contribution in [1.82, 2.24) is 39.1 Å². The molecule has 6 aromatic carbocycles. The highest BCUT2D eigenvalue weighted by Crippen LogP contribution is 2.33. The van der Waals surface area contributed by atoms with Gasteiger partial charge in [0.05, 0.1) is 26.9 Å². The van der Waals surface area contributed by atoms with Crippen LogP contribution in [-0.2, 0) is 54.1 Å². The van der Waals surface area contributed by atoms with Crippen LogP contribution in [-0.4, -0.2) is 101 Å². The zero-order chi connectivity index (χ0) is 77.1. The van der Waals surface area contributed by atoms with Crippen molar-refractivity contribution in [2.45, 2.75) is 95.0 Å². The normalized spacial score (nSPS) is 11.5. The van der Waals surface area contributed by atoms with Crippen LogP contribution in [0, 0.1) is 41.5 Å². The Morgan fingerprint density at radius 1 is 0.449 bits per heavy atom. The van der Waals surface area contributed by atoms with Crippen LogP contribution >= 0.6 is 58.0 Å². The van der Waals surface area contributed by atoms with Gasteiger partial charge in [0.1, 0.15) is 54.4 Å². The van der Waals surface area contributed by atoms with Crippen LogP contribution in [0.4, 0.5) is 0 Å². The molecule has 107 heavy (non-hydrogen) atoms. The zero-order valence-corrected chi connectivity index (χ0v) is 64.7. The number of nitrogens with zero attached hydrogens (tertiary/aromatic N) is 2. The summed E-state index contributed by atoms with van der Waals surface area (Å²) in [5, 5.41) is 3.98. The van der Waals surface area contributed by atoms with E-state index in [0.29, 0.717) is 90.8 Å². The number of nitrogens with one attached hydrogen (secondary N) is 6. The number of carbonyl (C=O) groups excluding carboxylic acids is 4. The van der Waals surface area contributed by atoms with Crippen LogP contribution in [0.3, 0.4) is 0 Å². The van der Waals surface area contributed by atoms with E-state index in [0.717, 1.165) is 108 Å². The smallest absolute Gasteiger partial charge is 0.374 e. The fourth-order valence-corrected chi connectivity index (χ4v) is 15.3. The van der Waals surface area contributed by atoms with Crippen molar-refractivity contribution in [2.24, 2.45) is 0 Å². The van der Waals surface area contributed by atoms with Crippen LogP contribution in [0.25, 0.3) is 32.7 Å². The van der Waals surface area contributed by atoms with Crippen molar-refractivity contribution in [3.63, 3.8) is 0 Å². The molecule has 12 rings (SSSR count). The third-order valence-electron chi connectivity index (χ3n) is 16.8. The lowest BCUT2D eigenvalue weighted by atomic mass is 10.1. The summed E-state index contributed by atoms with van der Waals surface area (Å²) in [5.41, 5.74) is 10.3. The Balaban J connectivity index is 0.000000172. The lowest BCUT2D eigenvalue weighted by Crippen LogP contribution is -2.31. The second kappa shape index (κ2) is 34.8. The molecular weight excluding hydrogens is 1540 g/mol. The van der Waals surface area contributed by atoms with Crippen LogP contribution in [0.5, 0.6) is 17.2 Å². The molecule has 3 amide bonds. The first-order valence-corrected chi connectivity index (χ1v) is 39.4. The summed E-state index contributed by atoms with van der Waals surface area (Å²) in [7, 11) is -11.6. The van der Waals surface area contributed by atoms with Gasteiger partial charge in [0, 0.05) is 60.2 Å². The Hall–Kier alpha value is -9.90. The number of sulfonamides is 3. The number of esters is 1. The first-order valence-electron chi connectivity index (χ1n) is 33.0. The van der Waals surface area contributed by atoms with E-state index >= 15 is 0 Å². The number of methoxy groups -OCH3 is 1. The Bertz CT molecular complexity index is 5640. The molecule has 0 bridgehead atoms. The molecule has 31 heteroatoms. The summed E-state index contributed by atoms with van der Waals surface area (Å²) in [6.45, 7) is 12.7. The minimum Gasteiger partial charge on any atom is -0.494 e. The number of fused-ring (bicyclic) bond motifs is 3. The Morgan fingerprint density at radius 2 is 0.822 bits per heavy atom. The molecule has 0 spiro atoms. The summed E-state index contributed by atoms with van der Waals surface area (Å²) < 4.78 is 110. The highest BCUT2D eigenvalue weighted by atomic mass is 35.5. The Morgan fingerprint density at radius 3 is 1.19 bits per heavy atom. The van der Waals surface area contributed by atoms with Gasteiger partial charge in [-0.3, -0.25) is 14.4 Å². The number of hydrogen-bond donors (Lipinski definition) is 6. The number of hydrogen-bond acceptors (Lipinski definition) is 17. The van der Waals surface area contributed by atoms with Gasteiger partial charge >= 0.3 is 5.97 Å². The fourth-order valence-electron chi connectivity index (χ4n) is 11.7. The van der Waals surface area contributed by atoms with E-state index in [2.05, 4.69) is 39.1 Å². The quantitative estimate of drug-likeness (QED) is 0.0176. The first kappa shape index (κ1) is 79.7. The molecule has 0 aliphatic carbocycles. The second-order valence-electron chi connectivity index (χ2n) is 24.6. The van der Waals surface area contributed by atoms with Crippen LogP contribution in [0.1, 0.15) is 111 Å². The molecule has 6 aromatic heterocycles. The number of aromatic nitrogens is 5. The van der Waals surface area contributed by atoms with Crippen LogP contribution < -0.4 is 28.4 Å². The molecule has 0 aliphatic heterocycles. The summed E-state index contributed by atoms with van der Waals surface area (Å²) in [5.74, 6) is -1.37. The summed E-state index contributed by atoms with van der Waals surface area (Å²) >= 11 is 30.3. The third-order valence-corrected chi connectivity index (χ3v) is 23.1. The monoisotopic (exact) mass is 1610 g/mol. The van der Waals surface area contributed by atoms with Gasteiger partial charge in [0.15, 0.2) is 0 Å². The number of aryl methyl sites for hydroxylation is 9. The van der Waals surface area contributed by atoms with Crippen molar-refractivity contribution in [2.75, 3.05) is 26.9 Å². The molecule has 0 unspecified atom stereocenters. The van der Waals surface area contributed by atoms with Crippen molar-refractivity contribution < 1.29 is 67.8 Å². The van der Waals surface area contributed by atoms with Gasteiger partial charge in [-0.15, -0.1) is 0 Å². The summed E-state index contributed by atoms with van der Waals surface area (Å²) in [6.07, 6.45) is 5.69. The average Bonchev–Trinajstić information content (AvgIpc) is 1.64. The highest BCUT2D eigenvalue weighted by molar-refractivity contribution is 7.90. The van der Waals surface area contributed by atoms with Crippen molar-refractivity contribution in [1.29, 1.82) is 0 Å². The number of ether oxygens (including phenoxy) is 4. The Kier molecular flexibility index (Phi) is 25.9. The number of rotatable bonds is 25. The van der Waals surface area contributed by atoms with Gasteiger partial charge < -0.3 is 38.3 Å². The molecule has 0 radical (unpaired) electrons. The molecule has 558 valence electrons. The van der Waals surface area contributed by atoms with E-state index < -0.39 is 58.9 Å². The molecule has 0 atom stereocenters. The van der Waals surface area contributed by atoms with E-state index in [-0.39, 0.29) is 42.9 Å². The maximum atomic E-state index is 13.1. The van der Waals surface area contributed by atoms with E-state index in [1.807, 2.05) is 149 Å². The minimum absolute atomic E-state index is 0.114. The number of carbonyl (C=O) groups is 4. The van der Waals surface area contributed by atoms with Gasteiger partial charge in [-0.25, -0.2) is 45.8 Å². The number of furan rings is 1. The number of halogens is 5. The van der Waals surface area contributed by atoms with E-state index in [1.165, 1.54) is 30.5 Å². The SMILES string of the molecule is COC(=O)c1ccc(S(=O)(=O)NC(=O)c2[nH]c3ccccc3c2CCCOc2cc(C)c(Cl)c(C)c2)o1.Cc1cc(OCCCc2c(C(=O)NS(=O)(=O)c3ccc(Cl)nc3)[nH]c3ccccc23)cc(C)c1Cl.Cc1cc(OCCCc2c(C(=O)NS(=O)(=O)c3cccnc3Cl)[nH]c3ccccc23)cc(C)c1Cl. The van der Waals surface area contributed by atoms with Gasteiger partial charge in [-0.05, 0) is 221 Å². The van der Waals surface area contributed by atoms with Crippen molar-refractivity contribution in [3.05, 3.63) is 256 Å². The topological polar surface area (TPSA) is 330 Å². The third kappa shape index (κ3) is 19.5. The zero-order valence-electron chi connectivity index (χ0n) is 58.5. The largest absolute Gasteiger partial charge is 0.494 e. The average molecular weight is 1610 g/mol. The first-order chi connectivity index (χ1) is 50.9. The van der Waals surface area contributed by atoms with Crippen molar-refractivity contribution >= 4 is 144 Å². The minimum atomic E-state index is -4.39. The molecule has 6 N–H and O–H groups in total. The van der Waals surface area contributed by atoms with Gasteiger partial charge in [-0.1, -0.05) is 113 Å². The number of amides is 3. The number of benzene rings is 6. The molecule has 6 heterocycles. The van der Waals surface area contributed by atoms with Crippen LogP contribution in [0.2, 0.25) is 25.4 Å². The molecular formula is C76H71Cl5N8O15S3. The predicted molar refractivity (Wildman–Crippen MR) is 412 cm³/mol. The standard InChI is InChI=1S/C26H25ClN2O7S.2C25H23Cl2N3O4S/c1-15-13-17(14-16(2)23(15)27)35-12-6-8-19-18-7-4-5-9-20(18)28-24(19)25(30)29-37(32,33)22-11-10-21(36-22)26(31)34-3;1-15-13-17(14-16(2)22(15)26)34-12-6-8-19-18-7-3-4-9-20(18)29-23(19)25(31)30-35(32,33)21-10-5-11-28-24(21)27;1-15-12-17(13-16(2)23(15)27)34-11-5-7-20-19-6-3-4-8-21(19)29-24(20)25(31)30-35(32,33)18-9-10-22(26)28-14-18/h4-5,7,9-11,13-14,28H,6,8,12H2,1-3H3,(H,29,30);3-5,7,9-11,13-14,29H,6,8,12H2,1-2H3,(H,30,31);3-4,6,8-10,12-14,29H,5,7,11H2,1-2H3,(H,30,31). The van der Waals surface area contributed by atoms with Gasteiger partial charge in [0.25, 0.3) is 47.8 Å². The molecule has 0 fully saturated rings. The Labute approximate surface area is 642 Å². The lowest BCUT2D eigenvalue weighted by Gasteiger charge is -2.11. The fraction of sp³-hybridized carbons (Fsp3) is 0.211. The maximum absolute atomic E-state index is 13.1. The molecule has 0 saturated heterocycles. The van der Waals surface area contributed by atoms with Gasteiger partial charge in [-0.2, -0.15) is 8.42 Å². The number of H-pyrrole nitrogens is 3. The molecule has 23 nitrogen and oxygen atoms in total. The summed E-state index contributed by atoms with van der Waals surface area (Å²) in [6, 6.07) is 41.0. The number of aromatic amines is 3. The lowest BCUT2D eigenvalue weighted by molar-refractivity contribution is 0.0558. The van der Waals surface area contributed by atoms with E-state index in [1.54, 1.807) is 6.07 Å². The maximum Gasteiger partial charge on any atom is 0.374 e.